The summed E-state index contributed by atoms with van der Waals surface area (Å²) in [6.07, 6.45) is 43.0. The monoisotopic (exact) mass is 1320 g/mol. The van der Waals surface area contributed by atoms with Crippen LogP contribution < -0.4 is 0 Å². The van der Waals surface area contributed by atoms with Gasteiger partial charge in [-0.25, -0.2) is 9.13 Å². The Kier molecular flexibility index (Phi) is 59.4. The molecule has 90 heavy (non-hydrogen) atoms. The summed E-state index contributed by atoms with van der Waals surface area (Å²) in [6, 6.07) is 0. The first-order valence-corrected chi connectivity index (χ1v) is 39.8. The highest BCUT2D eigenvalue weighted by atomic mass is 31.2. The Morgan fingerprint density at radius 1 is 0.311 bits per heavy atom. The molecule has 4 unspecified atom stereocenters. The predicted octanol–water partition coefficient (Wildman–Crippen LogP) is 20.1. The van der Waals surface area contributed by atoms with Crippen LogP contribution in [0.4, 0.5) is 0 Å². The topological polar surface area (TPSA) is 237 Å². The number of unbranched alkanes of at least 4 members (excludes halogenated alkanes) is 32. The Hall–Kier alpha value is -1.94. The zero-order valence-corrected chi connectivity index (χ0v) is 60.6. The molecule has 17 nitrogen and oxygen atoms in total. The third-order valence-corrected chi connectivity index (χ3v) is 18.9. The predicted molar refractivity (Wildman–Crippen MR) is 363 cm³/mol. The average molecular weight is 1330 g/mol. The van der Waals surface area contributed by atoms with E-state index in [4.69, 9.17) is 37.0 Å². The highest BCUT2D eigenvalue weighted by molar-refractivity contribution is 7.47. The molecule has 0 radical (unpaired) electrons. The molecule has 0 fully saturated rings. The van der Waals surface area contributed by atoms with Gasteiger partial charge in [0.15, 0.2) is 12.2 Å². The molecule has 0 saturated carbocycles. The number of carbonyl (C=O) groups excluding carboxylic acids is 4. The maximum Gasteiger partial charge on any atom is 0.472 e. The quantitative estimate of drug-likeness (QED) is 0.0222. The molecule has 0 aromatic rings. The smallest absolute Gasteiger partial charge is 0.462 e. The highest BCUT2D eigenvalue weighted by Gasteiger charge is 2.30. The third-order valence-electron chi connectivity index (χ3n) is 17.0. The lowest BCUT2D eigenvalue weighted by molar-refractivity contribution is -0.161. The van der Waals surface area contributed by atoms with Crippen molar-refractivity contribution in [2.24, 2.45) is 23.7 Å². The summed E-state index contributed by atoms with van der Waals surface area (Å²) in [5.41, 5.74) is 0. The minimum Gasteiger partial charge on any atom is -0.462 e. The second-order valence-corrected chi connectivity index (χ2v) is 30.0. The van der Waals surface area contributed by atoms with Gasteiger partial charge >= 0.3 is 39.5 Å². The van der Waals surface area contributed by atoms with Gasteiger partial charge in [0.25, 0.3) is 0 Å². The lowest BCUT2D eigenvalue weighted by Crippen LogP contribution is -2.30. The molecule has 534 valence electrons. The van der Waals surface area contributed by atoms with Crippen LogP contribution in [0.15, 0.2) is 0 Å². The van der Waals surface area contributed by atoms with Crippen molar-refractivity contribution in [3.63, 3.8) is 0 Å². The number of phosphoric ester groups is 2. The molecule has 0 spiro atoms. The fourth-order valence-corrected chi connectivity index (χ4v) is 12.2. The summed E-state index contributed by atoms with van der Waals surface area (Å²) in [7, 11) is -9.90. The molecule has 0 bridgehead atoms. The molecule has 0 aromatic carbocycles. The van der Waals surface area contributed by atoms with E-state index in [2.05, 4.69) is 55.4 Å². The number of hydrogen-bond donors (Lipinski definition) is 3. The summed E-state index contributed by atoms with van der Waals surface area (Å²) >= 11 is 0. The van der Waals surface area contributed by atoms with Crippen molar-refractivity contribution in [1.29, 1.82) is 0 Å². The third kappa shape index (κ3) is 62.2. The second-order valence-electron chi connectivity index (χ2n) is 27.1. The molecule has 0 aromatic heterocycles. The number of esters is 4. The normalized spacial score (nSPS) is 14.9. The van der Waals surface area contributed by atoms with E-state index >= 15 is 0 Å². The van der Waals surface area contributed by atoms with Gasteiger partial charge in [-0.3, -0.25) is 37.3 Å². The Morgan fingerprint density at radius 2 is 0.533 bits per heavy atom. The lowest BCUT2D eigenvalue weighted by Gasteiger charge is -2.21. The van der Waals surface area contributed by atoms with Gasteiger partial charge in [0.05, 0.1) is 26.4 Å². The molecular formula is C71H138O17P2. The van der Waals surface area contributed by atoms with Gasteiger partial charge < -0.3 is 33.8 Å². The minimum atomic E-state index is -4.95. The molecule has 0 saturated heterocycles. The number of carbonyl (C=O) groups is 4. The van der Waals surface area contributed by atoms with Crippen molar-refractivity contribution < 1.29 is 80.2 Å². The first kappa shape index (κ1) is 88.1. The van der Waals surface area contributed by atoms with Gasteiger partial charge in [0.2, 0.25) is 0 Å². The maximum absolute atomic E-state index is 13.0. The number of aliphatic hydroxyl groups is 1. The van der Waals surface area contributed by atoms with E-state index in [1.54, 1.807) is 0 Å². The first-order valence-electron chi connectivity index (χ1n) is 36.8. The van der Waals surface area contributed by atoms with Crippen LogP contribution in [0.1, 0.15) is 351 Å². The molecular weight excluding hydrogens is 1190 g/mol. The Labute approximate surface area is 549 Å². The average Bonchev–Trinajstić information content (AvgIpc) is 2.28. The van der Waals surface area contributed by atoms with Gasteiger partial charge in [-0.1, -0.05) is 299 Å². The Morgan fingerprint density at radius 3 is 0.789 bits per heavy atom. The summed E-state index contributed by atoms with van der Waals surface area (Å²) in [6.45, 7) is 14.1. The van der Waals surface area contributed by atoms with E-state index in [0.29, 0.717) is 31.6 Å². The van der Waals surface area contributed by atoms with Crippen LogP contribution in [0.2, 0.25) is 0 Å². The zero-order chi connectivity index (χ0) is 66.8. The van der Waals surface area contributed by atoms with Gasteiger partial charge in [-0.15, -0.1) is 0 Å². The van der Waals surface area contributed by atoms with Crippen LogP contribution in [0.3, 0.4) is 0 Å². The lowest BCUT2D eigenvalue weighted by atomic mass is 9.99. The Balaban J connectivity index is 5.25. The molecule has 7 atom stereocenters. The van der Waals surface area contributed by atoms with Crippen LogP contribution in [0.5, 0.6) is 0 Å². The standard InChI is InChI=1S/C71H138O17P2/c1-9-63(7)49-41-33-24-18-15-16-19-26-35-43-51-68(73)81-57-66(88-71(76)54-46-38-28-22-21-25-34-42-50-64(8)10-2)59-85-89(77,78)83-55-65(72)56-84-90(79,80)86-60-67(58-82-69(74)52-44-36-30-29-32-40-48-62(5)6)87-70(75)53-45-37-27-20-14-12-11-13-17-23-31-39-47-61(3)4/h61-67,72H,9-60H2,1-8H3,(H,77,78)(H,79,80)/t63?,64?,65-,66-,67-/m1/s1. The molecule has 0 aliphatic rings. The molecule has 0 rings (SSSR count). The summed E-state index contributed by atoms with van der Waals surface area (Å²) in [4.78, 5) is 72.6. The van der Waals surface area contributed by atoms with E-state index in [1.807, 2.05) is 0 Å². The summed E-state index contributed by atoms with van der Waals surface area (Å²) in [5, 5.41) is 10.6. The molecule has 0 heterocycles. The Bertz CT molecular complexity index is 1790. The van der Waals surface area contributed by atoms with Crippen LogP contribution in [-0.2, 0) is 65.4 Å². The second kappa shape index (κ2) is 60.7. The summed E-state index contributed by atoms with van der Waals surface area (Å²) in [5.74, 6) is 0.905. The van der Waals surface area contributed by atoms with Crippen LogP contribution >= 0.6 is 15.6 Å². The molecule has 0 aliphatic heterocycles. The van der Waals surface area contributed by atoms with Crippen molar-refractivity contribution in [3.05, 3.63) is 0 Å². The van der Waals surface area contributed by atoms with Crippen molar-refractivity contribution in [2.45, 2.75) is 369 Å². The summed E-state index contributed by atoms with van der Waals surface area (Å²) < 4.78 is 68.3. The van der Waals surface area contributed by atoms with Crippen LogP contribution in [-0.4, -0.2) is 96.7 Å². The number of rotatable bonds is 68. The fourth-order valence-electron chi connectivity index (χ4n) is 10.6. The fraction of sp³-hybridized carbons (Fsp3) is 0.944. The van der Waals surface area contributed by atoms with Gasteiger partial charge in [0, 0.05) is 25.7 Å². The minimum absolute atomic E-state index is 0.104. The maximum atomic E-state index is 13.0. The van der Waals surface area contributed by atoms with E-state index in [1.165, 1.54) is 148 Å². The van der Waals surface area contributed by atoms with Crippen LogP contribution in [0, 0.1) is 23.7 Å². The van der Waals surface area contributed by atoms with E-state index in [0.717, 1.165) is 114 Å². The van der Waals surface area contributed by atoms with E-state index < -0.39 is 97.5 Å². The van der Waals surface area contributed by atoms with Gasteiger partial charge in [-0.2, -0.15) is 0 Å². The number of ether oxygens (including phenoxy) is 4. The molecule has 3 N–H and O–H groups in total. The number of phosphoric acid groups is 2. The molecule has 0 aliphatic carbocycles. The van der Waals surface area contributed by atoms with Crippen LogP contribution in [0.25, 0.3) is 0 Å². The van der Waals surface area contributed by atoms with E-state index in [-0.39, 0.29) is 25.7 Å². The van der Waals surface area contributed by atoms with Gasteiger partial charge in [-0.05, 0) is 49.4 Å². The van der Waals surface area contributed by atoms with Crippen molar-refractivity contribution >= 4 is 39.5 Å². The van der Waals surface area contributed by atoms with Crippen molar-refractivity contribution in [2.75, 3.05) is 39.6 Å². The van der Waals surface area contributed by atoms with Crippen molar-refractivity contribution in [1.82, 2.24) is 0 Å². The number of aliphatic hydroxyl groups excluding tert-OH is 1. The molecule has 19 heteroatoms. The SMILES string of the molecule is CCC(C)CCCCCCCCCCCCC(=O)OC[C@H](COP(=O)(O)OC[C@@H](O)COP(=O)(O)OC[C@@H](COC(=O)CCCCCCCCC(C)C)OC(=O)CCCCCCCCCCCCCCC(C)C)OC(=O)CCCCCCCCCCC(C)CC. The molecule has 0 amide bonds. The number of hydrogen-bond acceptors (Lipinski definition) is 15. The highest BCUT2D eigenvalue weighted by Crippen LogP contribution is 2.45. The van der Waals surface area contributed by atoms with Crippen molar-refractivity contribution in [3.8, 4) is 0 Å². The first-order chi connectivity index (χ1) is 43.2. The zero-order valence-electron chi connectivity index (χ0n) is 58.8. The van der Waals surface area contributed by atoms with E-state index in [9.17, 15) is 43.2 Å². The van der Waals surface area contributed by atoms with Gasteiger partial charge in [0.1, 0.15) is 19.3 Å². The largest absolute Gasteiger partial charge is 0.472 e.